The second-order valence-corrected chi connectivity index (χ2v) is 28.3. The quantitative estimate of drug-likeness (QED) is 0.0616. The number of rotatable bonds is 16. The van der Waals surface area contributed by atoms with Crippen molar-refractivity contribution in [3.63, 3.8) is 0 Å². The molecule has 0 bridgehead atoms. The maximum atomic E-state index is 13.1. The smallest absolute Gasteiger partial charge is 0.292 e. The van der Waals surface area contributed by atoms with Crippen LogP contribution in [-0.4, -0.2) is 211 Å². The molecule has 4 atom stereocenters. The van der Waals surface area contributed by atoms with Crippen molar-refractivity contribution >= 4 is 80.7 Å². The molecule has 0 saturated carbocycles. The van der Waals surface area contributed by atoms with Crippen molar-refractivity contribution in [1.82, 2.24) is 119 Å². The van der Waals surface area contributed by atoms with Crippen LogP contribution in [0.3, 0.4) is 0 Å². The molecule has 2 aromatic carbocycles. The van der Waals surface area contributed by atoms with E-state index in [1.807, 2.05) is 122 Å². The third kappa shape index (κ3) is 16.3. The van der Waals surface area contributed by atoms with Crippen LogP contribution in [0.5, 0.6) is 0 Å². The van der Waals surface area contributed by atoms with E-state index in [1.165, 1.54) is 12.1 Å². The molecule has 34 nitrogen and oxygen atoms in total. The zero-order valence-electron chi connectivity index (χ0n) is 61.3. The van der Waals surface area contributed by atoms with E-state index in [9.17, 15) is 23.6 Å². The number of carbonyl (C=O) groups is 4. The van der Waals surface area contributed by atoms with Gasteiger partial charge in [-0.2, -0.15) is 20.3 Å². The molecule has 5 aliphatic rings. The van der Waals surface area contributed by atoms with Gasteiger partial charge in [-0.05, 0) is 123 Å². The van der Waals surface area contributed by atoms with E-state index in [1.54, 1.807) is 102 Å². The Labute approximate surface area is 654 Å². The largest absolute Gasteiger partial charge is 0.381 e. The summed E-state index contributed by atoms with van der Waals surface area (Å²) in [7, 11) is 0. The molecule has 5 aliphatic heterocycles. The predicted octanol–water partition coefficient (Wildman–Crippen LogP) is 7.78. The van der Waals surface area contributed by atoms with Crippen molar-refractivity contribution in [2.75, 3.05) is 85.2 Å². The lowest BCUT2D eigenvalue weighted by Gasteiger charge is -2.18. The van der Waals surface area contributed by atoms with E-state index in [0.717, 1.165) is 110 Å². The molecule has 114 heavy (non-hydrogen) atoms. The number of anilines is 4. The van der Waals surface area contributed by atoms with Gasteiger partial charge in [0, 0.05) is 188 Å². The molecule has 4 amide bonds. The molecule has 15 aromatic rings. The van der Waals surface area contributed by atoms with Gasteiger partial charge in [-0.1, -0.05) is 47.1 Å². The first-order valence-electron chi connectivity index (χ1n) is 37.4. The lowest BCUT2D eigenvalue weighted by molar-refractivity contribution is 0.0778. The molecule has 18 heterocycles. The topological polar surface area (TPSA) is 363 Å². The highest BCUT2D eigenvalue weighted by molar-refractivity contribution is 6.30. The fourth-order valence-corrected chi connectivity index (χ4v) is 14.8. The van der Waals surface area contributed by atoms with Crippen LogP contribution < -0.4 is 40.9 Å². The number of ether oxygens (including phenoxy) is 1. The van der Waals surface area contributed by atoms with Gasteiger partial charge < -0.3 is 63.3 Å². The number of nitrogens with one attached hydrogen (secondary N) is 5. The zero-order valence-corrected chi connectivity index (χ0v) is 62.1. The summed E-state index contributed by atoms with van der Waals surface area (Å²) in [6.07, 6.45) is 32.3. The van der Waals surface area contributed by atoms with Gasteiger partial charge in [0.1, 0.15) is 12.1 Å². The second kappa shape index (κ2) is 33.0. The third-order valence-corrected chi connectivity index (χ3v) is 20.6. The highest BCUT2D eigenvalue weighted by atomic mass is 35.5. The fourth-order valence-electron chi connectivity index (χ4n) is 14.6. The number of amides is 4. The highest BCUT2D eigenvalue weighted by Gasteiger charge is 2.33. The normalized spacial score (nSPS) is 17.5. The van der Waals surface area contributed by atoms with Crippen molar-refractivity contribution in [2.24, 2.45) is 0 Å². The molecule has 0 aliphatic carbocycles. The van der Waals surface area contributed by atoms with Gasteiger partial charge in [0.05, 0.1) is 27.3 Å². The van der Waals surface area contributed by atoms with Crippen LogP contribution in [-0.2, 0) is 4.74 Å². The van der Waals surface area contributed by atoms with Crippen molar-refractivity contribution < 1.29 is 32.8 Å². The summed E-state index contributed by atoms with van der Waals surface area (Å²) < 4.78 is 34.8. The van der Waals surface area contributed by atoms with Crippen molar-refractivity contribution in [3.05, 3.63) is 248 Å². The molecule has 5 N–H and O–H groups in total. The molecule has 13 aromatic heterocycles. The van der Waals surface area contributed by atoms with Crippen LogP contribution in [0.1, 0.15) is 92.5 Å². The highest BCUT2D eigenvalue weighted by Crippen LogP contribution is 2.30. The van der Waals surface area contributed by atoms with E-state index < -0.39 is 0 Å². The van der Waals surface area contributed by atoms with E-state index >= 15 is 0 Å². The molecule has 5 saturated heterocycles. The Kier molecular flexibility index (Phi) is 21.1. The first kappa shape index (κ1) is 73.0. The molecule has 0 unspecified atom stereocenters. The summed E-state index contributed by atoms with van der Waals surface area (Å²) in [6, 6.07) is 34.5. The number of benzene rings is 2. The first-order chi connectivity index (χ1) is 55.9. The summed E-state index contributed by atoms with van der Waals surface area (Å²) in [5, 5.41) is 40.2. The number of aromatic amines is 1. The maximum Gasteiger partial charge on any atom is 0.292 e. The first-order valence-corrected chi connectivity index (χ1v) is 37.8. The minimum Gasteiger partial charge on any atom is -0.381 e. The number of aromatic nitrogens is 20. The van der Waals surface area contributed by atoms with Crippen LogP contribution in [0, 0.1) is 5.82 Å². The molecule has 5 fully saturated rings. The van der Waals surface area contributed by atoms with Crippen molar-refractivity contribution in [1.29, 1.82) is 0 Å². The monoisotopic (exact) mass is 1550 g/mol. The van der Waals surface area contributed by atoms with Crippen LogP contribution >= 0.6 is 11.6 Å². The van der Waals surface area contributed by atoms with Crippen LogP contribution in [0.15, 0.2) is 213 Å². The number of halogens is 2. The Bertz CT molecular complexity index is 5670. The van der Waals surface area contributed by atoms with Crippen molar-refractivity contribution in [3.8, 4) is 22.9 Å². The maximum absolute atomic E-state index is 13.1. The van der Waals surface area contributed by atoms with Gasteiger partial charge in [0.25, 0.3) is 29.5 Å². The molecule has 0 spiro atoms. The number of nitrogens with zero attached hydrogens (tertiary/aromatic N) is 23. The molecule has 36 heteroatoms. The number of hydrogen-bond acceptors (Lipinski definition) is 23. The SMILES string of the molecule is O=C(N[C@H]1CCN(c2nccn3cccc23)C1)c1ccn(-c2ccc(Cl)cn2)n1.O=C(N[C@H]1CCN(c2nccn3cccc23)C1)c1nc(-c2ccccc2)n[nH]1.O=C(N[C@H]1CCN(c2nccn3cccc23)C1)c1noc(C2CCOCC2)n1.O=C(N[C@H]1CCN(c2nccn3cnnc23)C1)c1ccn(-c2ccc(F)cc2)n1. The van der Waals surface area contributed by atoms with E-state index in [-0.39, 0.29) is 71.2 Å². The average Bonchev–Trinajstić information content (AvgIpc) is 1.66. The van der Waals surface area contributed by atoms with E-state index in [0.29, 0.717) is 84.7 Å². The van der Waals surface area contributed by atoms with Crippen LogP contribution in [0.25, 0.3) is 45.1 Å². The Morgan fingerprint density at radius 2 is 1.00 bits per heavy atom. The predicted molar refractivity (Wildman–Crippen MR) is 417 cm³/mol. The van der Waals surface area contributed by atoms with Crippen LogP contribution in [0.2, 0.25) is 5.02 Å². The molecular weight excluding hydrogens is 1480 g/mol. The Morgan fingerprint density at radius 3 is 1.55 bits per heavy atom. The second-order valence-electron chi connectivity index (χ2n) is 27.9. The Balaban J connectivity index is 0.000000110. The minimum absolute atomic E-state index is 0.0227. The summed E-state index contributed by atoms with van der Waals surface area (Å²) in [4.78, 5) is 89.9. The molecule has 578 valence electrons. The van der Waals surface area contributed by atoms with Gasteiger partial charge in [-0.3, -0.25) is 28.7 Å². The summed E-state index contributed by atoms with van der Waals surface area (Å²) in [6.45, 7) is 7.41. The average molecular weight is 1560 g/mol. The number of fused-ring (bicyclic) bond motifs is 4. The number of carbonyl (C=O) groups excluding carboxylic acids is 4. The summed E-state index contributed by atoms with van der Waals surface area (Å²) in [5.74, 6) is 4.44. The van der Waals surface area contributed by atoms with Gasteiger partial charge >= 0.3 is 0 Å². The lowest BCUT2D eigenvalue weighted by atomic mass is 10.0. The summed E-state index contributed by atoms with van der Waals surface area (Å²) in [5.41, 5.74) is 6.11. The Morgan fingerprint density at radius 1 is 0.491 bits per heavy atom. The molecular formula is C78H76ClFN28O6. The lowest BCUT2D eigenvalue weighted by Crippen LogP contribution is -2.37. The van der Waals surface area contributed by atoms with Gasteiger partial charge in [0.15, 0.2) is 46.3 Å². The third-order valence-electron chi connectivity index (χ3n) is 20.4. The minimum atomic E-state index is -0.319. The molecule has 0 radical (unpaired) electrons. The standard InChI is InChI=1S/C20H18ClN7O.C20H19N7O.C19H17FN8O.C19H22N6O3/c21-14-3-4-18(23-12-14)28-10-6-16(25-28)20(29)24-15-5-9-27(13-15)19-17-2-1-8-26(17)11-7-22-19;28-20(18-23-17(24-25-18)14-5-2-1-3-6-14)22-15-8-11-27(13-15)19-16-7-4-10-26(16)12-9-21-19;20-13-1-3-15(4-2-13)28-9-6-16(25-28)19(29)23-14-5-8-26(11-14)17-18-24-22-12-27(18)10-7-21-17;26-18(16-22-19(28-23-16)13-4-10-27-11-5-13)21-14-3-8-25(12-14)17-15-2-1-7-24(15)9-6-20-17/h1-4,6-8,10-12,15H,5,9,13H2,(H,24,29);1-7,9-10,12,15H,8,11,13H2,(H,22,28)(H,23,24,25);1-4,6-7,9-10,12,14H,5,8,11H2,(H,23,29);1-2,6-7,9,13-14H,3-5,8,10-12H2,(H,21,26)/t2*15-;2*14-/m0000/s1. The summed E-state index contributed by atoms with van der Waals surface area (Å²) >= 11 is 5.87. The zero-order chi connectivity index (χ0) is 77.4. The number of hydrogen-bond donors (Lipinski definition) is 5. The van der Waals surface area contributed by atoms with Gasteiger partial charge in [-0.25, -0.2) is 43.7 Å². The molecule has 20 rings (SSSR count). The van der Waals surface area contributed by atoms with Gasteiger partial charge in [-0.15, -0.1) is 10.2 Å². The number of pyridine rings is 1. The fraction of sp³-hybridized carbons (Fsp3) is 0.269. The number of H-pyrrole nitrogens is 1. The Hall–Kier alpha value is -13.8. The van der Waals surface area contributed by atoms with Gasteiger partial charge in [0.2, 0.25) is 17.4 Å². The van der Waals surface area contributed by atoms with Crippen molar-refractivity contribution in [2.45, 2.75) is 68.6 Å². The van der Waals surface area contributed by atoms with E-state index in [4.69, 9.17) is 20.9 Å². The van der Waals surface area contributed by atoms with Crippen LogP contribution in [0.4, 0.5) is 27.7 Å². The van der Waals surface area contributed by atoms with E-state index in [2.05, 4.69) is 112 Å².